The van der Waals surface area contributed by atoms with Crippen molar-refractivity contribution in [3.63, 3.8) is 0 Å². The molecule has 0 saturated carbocycles. The predicted octanol–water partition coefficient (Wildman–Crippen LogP) is 5.59. The molecule has 3 aromatic carbocycles. The van der Waals surface area contributed by atoms with Gasteiger partial charge < -0.3 is 14.9 Å². The summed E-state index contributed by atoms with van der Waals surface area (Å²) in [7, 11) is 0. The molecule has 0 bridgehead atoms. The molecule has 4 aromatic rings. The van der Waals surface area contributed by atoms with Gasteiger partial charge in [0.25, 0.3) is 0 Å². The number of halogens is 2. The van der Waals surface area contributed by atoms with Crippen molar-refractivity contribution in [1.82, 2.24) is 4.57 Å². The maximum absolute atomic E-state index is 13.7. The van der Waals surface area contributed by atoms with Crippen molar-refractivity contribution < 1.29 is 24.5 Å². The van der Waals surface area contributed by atoms with E-state index < -0.39 is 29.2 Å². The summed E-state index contributed by atoms with van der Waals surface area (Å²) < 4.78 is 7.36. The second kappa shape index (κ2) is 7.21. The van der Waals surface area contributed by atoms with E-state index in [1.54, 1.807) is 54.6 Å². The fourth-order valence-electron chi connectivity index (χ4n) is 4.88. The second-order valence-electron chi connectivity index (χ2n) is 8.16. The number of aromatic hydroxyl groups is 2. The highest BCUT2D eigenvalue weighted by atomic mass is 35.5. The third-order valence-corrected chi connectivity index (χ3v) is 7.12. The Morgan fingerprint density at radius 1 is 0.794 bits per heavy atom. The van der Waals surface area contributed by atoms with E-state index in [9.17, 15) is 19.8 Å². The quantitative estimate of drug-likeness (QED) is 0.356. The first-order valence-corrected chi connectivity index (χ1v) is 11.2. The Balaban J connectivity index is 1.66. The molecule has 168 valence electrons. The van der Waals surface area contributed by atoms with Crippen molar-refractivity contribution in [2.75, 3.05) is 0 Å². The first-order chi connectivity index (χ1) is 16.4. The van der Waals surface area contributed by atoms with Gasteiger partial charge in [-0.15, -0.1) is 0 Å². The Morgan fingerprint density at radius 2 is 1.41 bits per heavy atom. The monoisotopic (exact) mass is 491 g/mol. The average molecular weight is 492 g/mol. The molecule has 34 heavy (non-hydrogen) atoms. The Bertz CT molecular complexity index is 1490. The normalized spacial score (nSPS) is 17.9. The molecule has 0 unspecified atom stereocenters. The maximum Gasteiger partial charge on any atom is 0.225 e. The van der Waals surface area contributed by atoms with E-state index in [1.165, 1.54) is 12.1 Å². The number of fused-ring (bicyclic) bond motifs is 3. The Hall–Kier alpha value is -3.58. The Labute approximate surface area is 203 Å². The molecule has 1 aliphatic carbocycles. The zero-order chi connectivity index (χ0) is 23.8. The average Bonchev–Trinajstić information content (AvgIpc) is 3.42. The summed E-state index contributed by atoms with van der Waals surface area (Å²) in [6.07, 6.45) is -0.978. The molecule has 6 rings (SSSR count). The first-order valence-electron chi connectivity index (χ1n) is 10.4. The van der Waals surface area contributed by atoms with Crippen molar-refractivity contribution in [2.24, 2.45) is 0 Å². The van der Waals surface area contributed by atoms with Gasteiger partial charge in [-0.2, -0.15) is 0 Å². The van der Waals surface area contributed by atoms with Gasteiger partial charge in [0.15, 0.2) is 0 Å². The number of rotatable bonds is 2. The number of ether oxygens (including phenoxy) is 1. The van der Waals surface area contributed by atoms with Gasteiger partial charge in [-0.25, -0.2) is 0 Å². The number of hydrogen-bond acceptors (Lipinski definition) is 5. The molecular formula is C26H15Cl2NO5. The molecule has 0 saturated heterocycles. The third-order valence-electron chi connectivity index (χ3n) is 6.39. The van der Waals surface area contributed by atoms with Gasteiger partial charge in [0, 0.05) is 11.1 Å². The van der Waals surface area contributed by atoms with Gasteiger partial charge >= 0.3 is 0 Å². The molecule has 1 atom stereocenters. The number of aromatic nitrogens is 1. The molecule has 1 aromatic heterocycles. The highest BCUT2D eigenvalue weighted by molar-refractivity contribution is 6.42. The highest BCUT2D eigenvalue weighted by Crippen LogP contribution is 2.59. The molecule has 0 amide bonds. The maximum atomic E-state index is 13.7. The van der Waals surface area contributed by atoms with Crippen LogP contribution in [0.4, 0.5) is 0 Å². The summed E-state index contributed by atoms with van der Waals surface area (Å²) >= 11 is 12.2. The van der Waals surface area contributed by atoms with Gasteiger partial charge in [-0.05, 0) is 23.8 Å². The molecule has 2 N–H and O–H groups in total. The Morgan fingerprint density at radius 3 is 2.03 bits per heavy atom. The van der Waals surface area contributed by atoms with Gasteiger partial charge in [-0.3, -0.25) is 14.2 Å². The number of hydrogen-bond donors (Lipinski definition) is 2. The lowest BCUT2D eigenvalue weighted by molar-refractivity contribution is -0.0231. The van der Waals surface area contributed by atoms with Gasteiger partial charge in [-0.1, -0.05) is 77.8 Å². The number of nitrogens with zero attached hydrogens (tertiary/aromatic N) is 1. The predicted molar refractivity (Wildman–Crippen MR) is 125 cm³/mol. The fourth-order valence-corrected chi connectivity index (χ4v) is 5.17. The van der Waals surface area contributed by atoms with Crippen molar-refractivity contribution in [1.29, 1.82) is 0 Å². The van der Waals surface area contributed by atoms with Crippen LogP contribution in [-0.2, 0) is 10.3 Å². The van der Waals surface area contributed by atoms with E-state index in [1.807, 2.05) is 6.07 Å². The number of carbonyl (C=O) groups excluding carboxylic acids is 2. The van der Waals surface area contributed by atoms with Crippen LogP contribution in [0.15, 0.2) is 72.8 Å². The lowest BCUT2D eigenvalue weighted by atomic mass is 9.88. The van der Waals surface area contributed by atoms with Crippen molar-refractivity contribution in [2.45, 2.75) is 11.7 Å². The van der Waals surface area contributed by atoms with Gasteiger partial charge in [0.2, 0.25) is 28.9 Å². The molecule has 2 aliphatic rings. The number of benzene rings is 3. The summed E-state index contributed by atoms with van der Waals surface area (Å²) in [5.74, 6) is -2.03. The molecule has 1 spiro atoms. The minimum Gasteiger partial charge on any atom is -0.494 e. The number of Topliss-reactive ketones (excluding diaryl/α,β-unsaturated/α-hetero) is 2. The van der Waals surface area contributed by atoms with E-state index in [0.29, 0.717) is 16.3 Å². The molecule has 8 heteroatoms. The van der Waals surface area contributed by atoms with E-state index >= 15 is 0 Å². The molecule has 0 fully saturated rings. The van der Waals surface area contributed by atoms with Crippen LogP contribution in [0.25, 0.3) is 5.69 Å². The lowest BCUT2D eigenvalue weighted by Crippen LogP contribution is -2.38. The van der Waals surface area contributed by atoms with Crippen LogP contribution in [0.1, 0.15) is 43.5 Å². The molecule has 1 aliphatic heterocycles. The standard InChI is InChI=1S/C26H15Cl2NO5/c27-17-11-10-14(12-18(17)28)29-24(32)19-20(25(29)33)26(34-21(19)13-6-2-1-3-7-13)22(30)15-8-4-5-9-16(15)23(26)31/h1-12,21,32-33H/t21-/m1/s1. The smallest absolute Gasteiger partial charge is 0.225 e. The van der Waals surface area contributed by atoms with Crippen LogP contribution in [0.2, 0.25) is 10.0 Å². The van der Waals surface area contributed by atoms with Crippen LogP contribution in [0, 0.1) is 0 Å². The Kier molecular flexibility index (Phi) is 4.45. The van der Waals surface area contributed by atoms with E-state index in [2.05, 4.69) is 0 Å². The van der Waals surface area contributed by atoms with Crippen LogP contribution < -0.4 is 0 Å². The van der Waals surface area contributed by atoms with E-state index in [-0.39, 0.29) is 33.2 Å². The van der Waals surface area contributed by atoms with Crippen LogP contribution in [0.5, 0.6) is 11.8 Å². The number of ketones is 2. The van der Waals surface area contributed by atoms with E-state index in [0.717, 1.165) is 4.57 Å². The summed E-state index contributed by atoms with van der Waals surface area (Å²) in [6.45, 7) is 0. The summed E-state index contributed by atoms with van der Waals surface area (Å²) in [5, 5.41) is 23.2. The fraction of sp³-hybridized carbons (Fsp3) is 0.0769. The zero-order valence-corrected chi connectivity index (χ0v) is 18.8. The summed E-state index contributed by atoms with van der Waals surface area (Å²) in [4.78, 5) is 27.4. The molecular weight excluding hydrogens is 477 g/mol. The topological polar surface area (TPSA) is 88.8 Å². The van der Waals surface area contributed by atoms with Gasteiger partial charge in [0.05, 0.1) is 26.9 Å². The lowest BCUT2D eigenvalue weighted by Gasteiger charge is -2.24. The largest absolute Gasteiger partial charge is 0.494 e. The van der Waals surface area contributed by atoms with Crippen molar-refractivity contribution in [3.05, 3.63) is 111 Å². The van der Waals surface area contributed by atoms with Gasteiger partial charge in [0.1, 0.15) is 6.10 Å². The van der Waals surface area contributed by atoms with Crippen molar-refractivity contribution in [3.8, 4) is 17.4 Å². The second-order valence-corrected chi connectivity index (χ2v) is 8.98. The highest BCUT2D eigenvalue weighted by Gasteiger charge is 2.64. The molecule has 2 heterocycles. The minimum absolute atomic E-state index is 0.0730. The van der Waals surface area contributed by atoms with Crippen molar-refractivity contribution >= 4 is 34.8 Å². The summed E-state index contributed by atoms with van der Waals surface area (Å²) in [6, 6.07) is 19.9. The third kappa shape index (κ3) is 2.56. The van der Waals surface area contributed by atoms with Crippen LogP contribution in [0.3, 0.4) is 0 Å². The zero-order valence-electron chi connectivity index (χ0n) is 17.3. The van der Waals surface area contributed by atoms with Crippen LogP contribution in [-0.4, -0.2) is 26.3 Å². The molecule has 6 nitrogen and oxygen atoms in total. The first kappa shape index (κ1) is 21.0. The van der Waals surface area contributed by atoms with E-state index in [4.69, 9.17) is 27.9 Å². The van der Waals surface area contributed by atoms with Crippen LogP contribution >= 0.6 is 23.2 Å². The SMILES string of the molecule is O=C1c2ccccc2C(=O)C12O[C@H](c1ccccc1)c1c2c(O)n(-c2ccc(Cl)c(Cl)c2)c1O. The molecule has 0 radical (unpaired) electrons. The summed E-state index contributed by atoms with van der Waals surface area (Å²) in [5.41, 5.74) is -0.736. The minimum atomic E-state index is -2.12. The number of carbonyl (C=O) groups is 2.